The second-order valence-corrected chi connectivity index (χ2v) is 5.26. The van der Waals surface area contributed by atoms with E-state index in [4.69, 9.17) is 0 Å². The molecule has 1 aliphatic rings. The second-order valence-electron chi connectivity index (χ2n) is 5.26. The third-order valence-electron chi connectivity index (χ3n) is 3.92. The van der Waals surface area contributed by atoms with Crippen LogP contribution in [0.1, 0.15) is 35.6 Å². The smallest absolute Gasteiger partial charge is 0.130 e. The summed E-state index contributed by atoms with van der Waals surface area (Å²) in [5.74, 6) is -1.02. The first-order valence-corrected chi connectivity index (χ1v) is 6.99. The number of hydrogen-bond donors (Lipinski definition) is 1. The lowest BCUT2D eigenvalue weighted by atomic mass is 9.87. The van der Waals surface area contributed by atoms with Crippen LogP contribution in [-0.4, -0.2) is 0 Å². The molecule has 0 heterocycles. The normalized spacial score (nSPS) is 17.8. The molecule has 0 saturated heterocycles. The molecular formula is C17H17F2N. The van der Waals surface area contributed by atoms with Gasteiger partial charge in [0.25, 0.3) is 0 Å². The standard InChI is InChI=1S/C17H17F2N/c18-14-9-8-13(16(19)10-14)11-20-17-7-3-5-12-4-1-2-6-15(12)17/h1-2,4,6,8-10,17,20H,3,5,7,11H2. The van der Waals surface area contributed by atoms with Crippen molar-refractivity contribution in [3.8, 4) is 0 Å². The molecule has 0 fully saturated rings. The molecule has 20 heavy (non-hydrogen) atoms. The van der Waals surface area contributed by atoms with Crippen molar-refractivity contribution in [3.63, 3.8) is 0 Å². The van der Waals surface area contributed by atoms with Crippen molar-refractivity contribution in [2.45, 2.75) is 31.8 Å². The molecular weight excluding hydrogens is 256 g/mol. The zero-order valence-electron chi connectivity index (χ0n) is 11.2. The molecule has 1 unspecified atom stereocenters. The van der Waals surface area contributed by atoms with Crippen molar-refractivity contribution in [1.29, 1.82) is 0 Å². The van der Waals surface area contributed by atoms with Gasteiger partial charge in [-0.2, -0.15) is 0 Å². The van der Waals surface area contributed by atoms with E-state index in [1.807, 2.05) is 6.07 Å². The van der Waals surface area contributed by atoms with Crippen molar-refractivity contribution in [2.24, 2.45) is 0 Å². The van der Waals surface area contributed by atoms with Crippen molar-refractivity contribution in [2.75, 3.05) is 0 Å². The maximum atomic E-state index is 13.6. The molecule has 3 heteroatoms. The number of benzene rings is 2. The summed E-state index contributed by atoms with van der Waals surface area (Å²) in [5.41, 5.74) is 3.19. The number of hydrogen-bond acceptors (Lipinski definition) is 1. The van der Waals surface area contributed by atoms with Gasteiger partial charge in [0.1, 0.15) is 11.6 Å². The van der Waals surface area contributed by atoms with Gasteiger partial charge in [-0.25, -0.2) is 8.78 Å². The van der Waals surface area contributed by atoms with Crippen LogP contribution in [0.4, 0.5) is 8.78 Å². The molecule has 0 aromatic heterocycles. The van der Waals surface area contributed by atoms with E-state index in [0.29, 0.717) is 12.1 Å². The second kappa shape index (κ2) is 5.71. The zero-order valence-corrected chi connectivity index (χ0v) is 11.2. The first-order valence-electron chi connectivity index (χ1n) is 6.99. The molecule has 0 saturated carbocycles. The van der Waals surface area contributed by atoms with E-state index in [2.05, 4.69) is 23.5 Å². The highest BCUT2D eigenvalue weighted by Gasteiger charge is 2.19. The Kier molecular flexibility index (Phi) is 3.79. The fourth-order valence-corrected chi connectivity index (χ4v) is 2.86. The summed E-state index contributed by atoms with van der Waals surface area (Å²) in [4.78, 5) is 0. The minimum absolute atomic E-state index is 0.254. The monoisotopic (exact) mass is 273 g/mol. The minimum atomic E-state index is -0.533. The fraction of sp³-hybridized carbons (Fsp3) is 0.294. The van der Waals surface area contributed by atoms with Gasteiger partial charge in [0.05, 0.1) is 0 Å². The molecule has 0 amide bonds. The Hall–Kier alpha value is -1.74. The van der Waals surface area contributed by atoms with E-state index in [1.54, 1.807) is 0 Å². The molecule has 2 aromatic carbocycles. The zero-order chi connectivity index (χ0) is 13.9. The minimum Gasteiger partial charge on any atom is -0.306 e. The van der Waals surface area contributed by atoms with Gasteiger partial charge < -0.3 is 5.32 Å². The Labute approximate surface area is 117 Å². The summed E-state index contributed by atoms with van der Waals surface area (Å²) in [7, 11) is 0. The lowest BCUT2D eigenvalue weighted by Crippen LogP contribution is -2.25. The number of rotatable bonds is 3. The van der Waals surface area contributed by atoms with Crippen LogP contribution in [0.25, 0.3) is 0 Å². The Morgan fingerprint density at radius 2 is 1.95 bits per heavy atom. The van der Waals surface area contributed by atoms with Gasteiger partial charge in [0, 0.05) is 24.2 Å². The molecule has 1 N–H and O–H groups in total. The Morgan fingerprint density at radius 3 is 2.80 bits per heavy atom. The largest absolute Gasteiger partial charge is 0.306 e. The summed E-state index contributed by atoms with van der Waals surface area (Å²) < 4.78 is 26.5. The van der Waals surface area contributed by atoms with Gasteiger partial charge in [-0.15, -0.1) is 0 Å². The summed E-state index contributed by atoms with van der Waals surface area (Å²) in [5, 5.41) is 3.39. The van der Waals surface area contributed by atoms with Crippen molar-refractivity contribution >= 4 is 0 Å². The van der Waals surface area contributed by atoms with E-state index in [1.165, 1.54) is 23.3 Å². The molecule has 0 radical (unpaired) electrons. The maximum Gasteiger partial charge on any atom is 0.130 e. The summed E-state index contributed by atoms with van der Waals surface area (Å²) in [6.45, 7) is 0.422. The predicted octanol–water partition coefficient (Wildman–Crippen LogP) is 4.13. The van der Waals surface area contributed by atoms with E-state index in [-0.39, 0.29) is 6.04 Å². The van der Waals surface area contributed by atoms with Crippen LogP contribution in [0.15, 0.2) is 42.5 Å². The predicted molar refractivity (Wildman–Crippen MR) is 75.3 cm³/mol. The van der Waals surface area contributed by atoms with Crippen LogP contribution in [0, 0.1) is 11.6 Å². The van der Waals surface area contributed by atoms with Crippen LogP contribution in [0.2, 0.25) is 0 Å². The Bertz CT molecular complexity index is 610. The van der Waals surface area contributed by atoms with E-state index < -0.39 is 11.6 Å². The van der Waals surface area contributed by atoms with Gasteiger partial charge in [0.15, 0.2) is 0 Å². The summed E-state index contributed by atoms with van der Waals surface area (Å²) >= 11 is 0. The van der Waals surface area contributed by atoms with Crippen LogP contribution in [0.5, 0.6) is 0 Å². The molecule has 3 rings (SSSR count). The number of aryl methyl sites for hydroxylation is 1. The van der Waals surface area contributed by atoms with Gasteiger partial charge >= 0.3 is 0 Å². The third-order valence-corrected chi connectivity index (χ3v) is 3.92. The highest BCUT2D eigenvalue weighted by atomic mass is 19.1. The molecule has 1 aliphatic carbocycles. The lowest BCUT2D eigenvalue weighted by Gasteiger charge is -2.26. The molecule has 0 bridgehead atoms. The molecule has 0 aliphatic heterocycles. The van der Waals surface area contributed by atoms with Crippen LogP contribution >= 0.6 is 0 Å². The summed E-state index contributed by atoms with van der Waals surface area (Å²) in [6, 6.07) is 12.4. The summed E-state index contributed by atoms with van der Waals surface area (Å²) in [6.07, 6.45) is 3.31. The van der Waals surface area contributed by atoms with E-state index in [9.17, 15) is 8.78 Å². The van der Waals surface area contributed by atoms with Gasteiger partial charge in [-0.1, -0.05) is 30.3 Å². The van der Waals surface area contributed by atoms with Crippen molar-refractivity contribution in [3.05, 3.63) is 70.8 Å². The highest BCUT2D eigenvalue weighted by molar-refractivity contribution is 5.32. The lowest BCUT2D eigenvalue weighted by molar-refractivity contribution is 0.451. The fourth-order valence-electron chi connectivity index (χ4n) is 2.86. The Balaban J connectivity index is 1.73. The van der Waals surface area contributed by atoms with Gasteiger partial charge in [-0.3, -0.25) is 0 Å². The average molecular weight is 273 g/mol. The number of halogens is 2. The number of fused-ring (bicyclic) bond motifs is 1. The Morgan fingerprint density at radius 1 is 1.10 bits per heavy atom. The van der Waals surface area contributed by atoms with Crippen LogP contribution in [0.3, 0.4) is 0 Å². The van der Waals surface area contributed by atoms with Crippen molar-refractivity contribution < 1.29 is 8.78 Å². The van der Waals surface area contributed by atoms with Gasteiger partial charge in [-0.05, 0) is 36.5 Å². The van der Waals surface area contributed by atoms with E-state index in [0.717, 1.165) is 25.3 Å². The highest BCUT2D eigenvalue weighted by Crippen LogP contribution is 2.29. The van der Waals surface area contributed by atoms with E-state index >= 15 is 0 Å². The van der Waals surface area contributed by atoms with Crippen LogP contribution in [-0.2, 0) is 13.0 Å². The maximum absolute atomic E-state index is 13.6. The molecule has 0 spiro atoms. The first-order chi connectivity index (χ1) is 9.74. The topological polar surface area (TPSA) is 12.0 Å². The van der Waals surface area contributed by atoms with Crippen LogP contribution < -0.4 is 5.32 Å². The van der Waals surface area contributed by atoms with Gasteiger partial charge in [0.2, 0.25) is 0 Å². The molecule has 1 atom stereocenters. The SMILES string of the molecule is Fc1ccc(CNC2CCCc3ccccc32)c(F)c1. The molecule has 1 nitrogen and oxygen atoms in total. The molecule has 2 aromatic rings. The van der Waals surface area contributed by atoms with Crippen molar-refractivity contribution in [1.82, 2.24) is 5.32 Å². The quantitative estimate of drug-likeness (QED) is 0.886. The third kappa shape index (κ3) is 2.73. The number of nitrogens with one attached hydrogen (secondary N) is 1. The first kappa shape index (κ1) is 13.3. The average Bonchev–Trinajstić information content (AvgIpc) is 2.46. The molecule has 104 valence electrons.